The van der Waals surface area contributed by atoms with Gasteiger partial charge >= 0.3 is 0 Å². The summed E-state index contributed by atoms with van der Waals surface area (Å²) in [5.41, 5.74) is -0.0321. The maximum atomic E-state index is 12.7. The van der Waals surface area contributed by atoms with Crippen LogP contribution in [0.1, 0.15) is 13.3 Å². The molecule has 136 valence electrons. The highest BCUT2D eigenvalue weighted by atomic mass is 32.2. The molecule has 1 aromatic carbocycles. The summed E-state index contributed by atoms with van der Waals surface area (Å²) in [6, 6.07) is 5.63. The van der Waals surface area contributed by atoms with Crippen LogP contribution >= 0.6 is 0 Å². The molecule has 0 amide bonds. The van der Waals surface area contributed by atoms with Crippen molar-refractivity contribution in [1.82, 2.24) is 4.31 Å². The molecule has 0 radical (unpaired) electrons. The van der Waals surface area contributed by atoms with Gasteiger partial charge in [-0.3, -0.25) is 10.1 Å². The minimum atomic E-state index is -3.81. The van der Waals surface area contributed by atoms with Crippen LogP contribution in [0.4, 0.5) is 11.4 Å². The minimum absolute atomic E-state index is 0.119. The molecule has 1 saturated heterocycles. The summed E-state index contributed by atoms with van der Waals surface area (Å²) < 4.78 is 31.7. The first-order chi connectivity index (χ1) is 11.8. The van der Waals surface area contributed by atoms with E-state index >= 15 is 0 Å². The zero-order chi connectivity index (χ0) is 18.6. The van der Waals surface area contributed by atoms with E-state index in [1.54, 1.807) is 18.9 Å². The van der Waals surface area contributed by atoms with Crippen LogP contribution in [0, 0.1) is 21.4 Å². The summed E-state index contributed by atoms with van der Waals surface area (Å²) in [5.74, 6) is 0. The van der Waals surface area contributed by atoms with Gasteiger partial charge in [-0.1, -0.05) is 0 Å². The van der Waals surface area contributed by atoms with E-state index in [4.69, 9.17) is 10.00 Å². The van der Waals surface area contributed by atoms with Crippen LogP contribution in [0.5, 0.6) is 0 Å². The molecule has 0 aliphatic carbocycles. The number of hydrogen-bond acceptors (Lipinski definition) is 7. The highest BCUT2D eigenvalue weighted by molar-refractivity contribution is 7.89. The molecule has 0 saturated carbocycles. The smallest absolute Gasteiger partial charge is 0.293 e. The monoisotopic (exact) mass is 368 g/mol. The van der Waals surface area contributed by atoms with E-state index in [0.29, 0.717) is 13.2 Å². The molecule has 1 aromatic rings. The molecule has 0 unspecified atom stereocenters. The average Bonchev–Trinajstić information content (AvgIpc) is 2.61. The van der Waals surface area contributed by atoms with E-state index in [0.717, 1.165) is 6.07 Å². The number of rotatable bonds is 6. The largest absolute Gasteiger partial charge is 0.379 e. The lowest BCUT2D eigenvalue weighted by Gasteiger charge is -2.27. The second-order valence-corrected chi connectivity index (χ2v) is 7.68. The van der Waals surface area contributed by atoms with Crippen molar-refractivity contribution < 1.29 is 18.1 Å². The SMILES string of the molecule is C[C@H](CC#N)N(C)c1ccc(S(=O)(=O)N2CCOCC2)cc1[N+](=O)[O-]. The number of nitro groups is 1. The van der Waals surface area contributed by atoms with E-state index in [-0.39, 0.29) is 41.8 Å². The first kappa shape index (κ1) is 19.1. The van der Waals surface area contributed by atoms with Gasteiger partial charge in [0.05, 0.1) is 35.5 Å². The van der Waals surface area contributed by atoms with Crippen molar-refractivity contribution in [2.45, 2.75) is 24.3 Å². The summed E-state index contributed by atoms with van der Waals surface area (Å²) in [4.78, 5) is 12.3. The zero-order valence-electron chi connectivity index (χ0n) is 14.1. The van der Waals surface area contributed by atoms with Gasteiger partial charge in [0.1, 0.15) is 5.69 Å². The third kappa shape index (κ3) is 4.07. The molecule has 1 aliphatic rings. The number of nitriles is 1. The van der Waals surface area contributed by atoms with Crippen molar-refractivity contribution in [2.24, 2.45) is 0 Å². The van der Waals surface area contributed by atoms with Crippen LogP contribution < -0.4 is 4.90 Å². The van der Waals surface area contributed by atoms with Gasteiger partial charge in [-0.15, -0.1) is 0 Å². The van der Waals surface area contributed by atoms with Crippen molar-refractivity contribution in [1.29, 1.82) is 5.26 Å². The third-order valence-electron chi connectivity index (χ3n) is 4.18. The molecule has 10 heteroatoms. The summed E-state index contributed by atoms with van der Waals surface area (Å²) in [6.07, 6.45) is 0.196. The number of sulfonamides is 1. The van der Waals surface area contributed by atoms with E-state index < -0.39 is 14.9 Å². The van der Waals surface area contributed by atoms with Crippen LogP contribution in [0.15, 0.2) is 23.1 Å². The molecule has 25 heavy (non-hydrogen) atoms. The predicted octanol–water partition coefficient (Wildman–Crippen LogP) is 1.35. The first-order valence-corrected chi connectivity index (χ1v) is 9.19. The van der Waals surface area contributed by atoms with Gasteiger partial charge < -0.3 is 9.64 Å². The zero-order valence-corrected chi connectivity index (χ0v) is 14.9. The Kier molecular flexibility index (Phi) is 5.94. The molecule has 1 atom stereocenters. The first-order valence-electron chi connectivity index (χ1n) is 7.75. The Balaban J connectivity index is 2.42. The van der Waals surface area contributed by atoms with Gasteiger partial charge in [-0.2, -0.15) is 9.57 Å². The Morgan fingerprint density at radius 3 is 2.64 bits per heavy atom. The molecular formula is C15H20N4O5S. The van der Waals surface area contributed by atoms with E-state index in [2.05, 4.69) is 0 Å². The molecule has 0 spiro atoms. The lowest BCUT2D eigenvalue weighted by Crippen LogP contribution is -2.40. The summed E-state index contributed by atoms with van der Waals surface area (Å²) >= 11 is 0. The molecule has 0 N–H and O–H groups in total. The van der Waals surface area contributed by atoms with Crippen molar-refractivity contribution in [2.75, 3.05) is 38.3 Å². The number of ether oxygens (including phenoxy) is 1. The van der Waals surface area contributed by atoms with Gasteiger partial charge in [-0.05, 0) is 19.1 Å². The van der Waals surface area contributed by atoms with Crippen LogP contribution in [-0.4, -0.2) is 57.0 Å². The van der Waals surface area contributed by atoms with E-state index in [9.17, 15) is 18.5 Å². The third-order valence-corrected chi connectivity index (χ3v) is 6.07. The van der Waals surface area contributed by atoms with E-state index in [1.807, 2.05) is 6.07 Å². The Morgan fingerprint density at radius 1 is 1.44 bits per heavy atom. The van der Waals surface area contributed by atoms with Gasteiger partial charge in [0.2, 0.25) is 10.0 Å². The normalized spacial score (nSPS) is 16.8. The summed E-state index contributed by atoms with van der Waals surface area (Å²) in [5, 5.41) is 20.2. The van der Waals surface area contributed by atoms with Crippen molar-refractivity contribution in [3.05, 3.63) is 28.3 Å². The second kappa shape index (κ2) is 7.77. The fraction of sp³-hybridized carbons (Fsp3) is 0.533. The fourth-order valence-corrected chi connectivity index (χ4v) is 3.98. The molecule has 9 nitrogen and oxygen atoms in total. The quantitative estimate of drug-likeness (QED) is 0.549. The topological polar surface area (TPSA) is 117 Å². The fourth-order valence-electron chi connectivity index (χ4n) is 2.55. The van der Waals surface area contributed by atoms with Crippen molar-refractivity contribution in [3.63, 3.8) is 0 Å². The van der Waals surface area contributed by atoms with Crippen LogP contribution in [0.25, 0.3) is 0 Å². The standard InChI is InChI=1S/C15H20N4O5S/c1-12(5-6-16)17(2)14-4-3-13(11-15(14)19(20)21)25(22,23)18-7-9-24-10-8-18/h3-4,11-12H,5,7-10H2,1-2H3/t12-/m1/s1. The van der Waals surface area contributed by atoms with Crippen molar-refractivity contribution in [3.8, 4) is 6.07 Å². The number of morpholine rings is 1. The number of hydrogen-bond donors (Lipinski definition) is 0. The van der Waals surface area contributed by atoms with Crippen LogP contribution in [-0.2, 0) is 14.8 Å². The minimum Gasteiger partial charge on any atom is -0.379 e. The maximum Gasteiger partial charge on any atom is 0.293 e. The van der Waals surface area contributed by atoms with Gasteiger partial charge in [0.15, 0.2) is 0 Å². The Morgan fingerprint density at radius 2 is 2.08 bits per heavy atom. The molecular weight excluding hydrogens is 348 g/mol. The Bertz CT molecular complexity index is 784. The second-order valence-electron chi connectivity index (χ2n) is 5.75. The molecule has 2 rings (SSSR count). The number of nitrogens with zero attached hydrogens (tertiary/aromatic N) is 4. The van der Waals surface area contributed by atoms with Gasteiger partial charge in [0.25, 0.3) is 5.69 Å². The predicted molar refractivity (Wildman–Crippen MR) is 90.8 cm³/mol. The van der Waals surface area contributed by atoms with Gasteiger partial charge in [0, 0.05) is 32.2 Å². The van der Waals surface area contributed by atoms with Gasteiger partial charge in [-0.25, -0.2) is 8.42 Å². The molecule has 0 aromatic heterocycles. The summed E-state index contributed by atoms with van der Waals surface area (Å²) in [7, 11) is -2.17. The summed E-state index contributed by atoms with van der Waals surface area (Å²) in [6.45, 7) is 2.81. The van der Waals surface area contributed by atoms with Crippen LogP contribution in [0.3, 0.4) is 0 Å². The molecule has 1 fully saturated rings. The number of nitro benzene ring substituents is 1. The number of benzene rings is 1. The maximum absolute atomic E-state index is 12.7. The molecule has 1 aliphatic heterocycles. The van der Waals surface area contributed by atoms with Crippen molar-refractivity contribution >= 4 is 21.4 Å². The lowest BCUT2D eigenvalue weighted by atomic mass is 10.2. The Hall–Kier alpha value is -2.22. The Labute approximate surface area is 146 Å². The number of anilines is 1. The highest BCUT2D eigenvalue weighted by Crippen LogP contribution is 2.32. The molecule has 0 bridgehead atoms. The average molecular weight is 368 g/mol. The molecule has 1 heterocycles. The van der Waals surface area contributed by atoms with E-state index in [1.165, 1.54) is 16.4 Å². The lowest BCUT2D eigenvalue weighted by molar-refractivity contribution is -0.384. The highest BCUT2D eigenvalue weighted by Gasteiger charge is 2.30. The van der Waals surface area contributed by atoms with Crippen LogP contribution in [0.2, 0.25) is 0 Å².